The number of halogens is 2. The zero-order valence-electron chi connectivity index (χ0n) is 9.69. The van der Waals surface area contributed by atoms with E-state index < -0.39 is 11.7 Å². The van der Waals surface area contributed by atoms with E-state index in [0.29, 0.717) is 4.90 Å². The molecular formula is C13H10BrFN2OS. The maximum Gasteiger partial charge on any atom is 0.250 e. The van der Waals surface area contributed by atoms with Gasteiger partial charge in [-0.1, -0.05) is 33.8 Å². The predicted molar refractivity (Wildman–Crippen MR) is 77.6 cm³/mol. The van der Waals surface area contributed by atoms with Crippen molar-refractivity contribution in [3.8, 4) is 0 Å². The van der Waals surface area contributed by atoms with E-state index >= 15 is 0 Å². The van der Waals surface area contributed by atoms with Crippen molar-refractivity contribution in [1.29, 1.82) is 0 Å². The number of rotatable bonds is 3. The molecule has 2 aromatic rings. The Hall–Kier alpha value is -1.53. The lowest BCUT2D eigenvalue weighted by Gasteiger charge is -2.08. The fourth-order valence-electron chi connectivity index (χ4n) is 1.52. The molecule has 0 heterocycles. The minimum absolute atomic E-state index is 0.0450. The molecule has 0 radical (unpaired) electrons. The third-order valence-electron chi connectivity index (χ3n) is 2.39. The molecule has 19 heavy (non-hydrogen) atoms. The molecule has 2 aromatic carbocycles. The van der Waals surface area contributed by atoms with Gasteiger partial charge < -0.3 is 11.5 Å². The monoisotopic (exact) mass is 340 g/mol. The summed E-state index contributed by atoms with van der Waals surface area (Å²) in [6.07, 6.45) is 0. The van der Waals surface area contributed by atoms with Gasteiger partial charge in [0.1, 0.15) is 5.82 Å². The van der Waals surface area contributed by atoms with Gasteiger partial charge in [-0.05, 0) is 30.3 Å². The van der Waals surface area contributed by atoms with E-state index in [1.165, 1.54) is 17.8 Å². The van der Waals surface area contributed by atoms with Crippen LogP contribution in [-0.2, 0) is 0 Å². The normalized spacial score (nSPS) is 10.4. The molecule has 0 saturated heterocycles. The number of nitrogens with two attached hydrogens (primary N) is 2. The van der Waals surface area contributed by atoms with Crippen molar-refractivity contribution in [1.82, 2.24) is 0 Å². The molecule has 98 valence electrons. The van der Waals surface area contributed by atoms with Crippen LogP contribution in [0.4, 0.5) is 10.1 Å². The highest BCUT2D eigenvalue weighted by molar-refractivity contribution is 9.10. The molecule has 0 aliphatic heterocycles. The molecule has 1 amide bonds. The Labute approximate surface area is 122 Å². The number of nitrogen functional groups attached to an aromatic ring is 1. The Balaban J connectivity index is 2.40. The topological polar surface area (TPSA) is 69.1 Å². The molecule has 0 fully saturated rings. The highest BCUT2D eigenvalue weighted by Gasteiger charge is 2.13. The molecule has 0 aromatic heterocycles. The summed E-state index contributed by atoms with van der Waals surface area (Å²) in [5.41, 5.74) is 10.9. The highest BCUT2D eigenvalue weighted by Crippen LogP contribution is 2.33. The number of benzene rings is 2. The molecule has 4 N–H and O–H groups in total. The van der Waals surface area contributed by atoms with Gasteiger partial charge in [0.2, 0.25) is 0 Å². The minimum atomic E-state index is -0.673. The van der Waals surface area contributed by atoms with Crippen molar-refractivity contribution >= 4 is 39.3 Å². The Bertz CT molecular complexity index is 649. The quantitative estimate of drug-likeness (QED) is 0.841. The smallest absolute Gasteiger partial charge is 0.250 e. The third-order valence-corrected chi connectivity index (χ3v) is 3.91. The van der Waals surface area contributed by atoms with Crippen molar-refractivity contribution in [2.45, 2.75) is 9.79 Å². The van der Waals surface area contributed by atoms with Crippen molar-refractivity contribution in [2.24, 2.45) is 5.73 Å². The van der Waals surface area contributed by atoms with Gasteiger partial charge in [-0.25, -0.2) is 4.39 Å². The number of hydrogen-bond acceptors (Lipinski definition) is 3. The van der Waals surface area contributed by atoms with Crippen LogP contribution in [0.2, 0.25) is 0 Å². The number of primary amides is 1. The number of anilines is 1. The summed E-state index contributed by atoms with van der Waals surface area (Å²) in [5.74, 6) is -1.15. The first-order valence-corrected chi connectivity index (χ1v) is 6.90. The molecule has 2 rings (SSSR count). The Morgan fingerprint density at radius 2 is 2.00 bits per heavy atom. The van der Waals surface area contributed by atoms with E-state index in [-0.39, 0.29) is 11.3 Å². The minimum Gasteiger partial charge on any atom is -0.398 e. The fourth-order valence-corrected chi connectivity index (χ4v) is 2.99. The van der Waals surface area contributed by atoms with Crippen LogP contribution >= 0.6 is 27.7 Å². The lowest BCUT2D eigenvalue weighted by molar-refractivity contribution is 0.100. The van der Waals surface area contributed by atoms with E-state index in [2.05, 4.69) is 15.9 Å². The van der Waals surface area contributed by atoms with Crippen molar-refractivity contribution < 1.29 is 9.18 Å². The number of hydrogen-bond donors (Lipinski definition) is 2. The first kappa shape index (κ1) is 13.9. The van der Waals surface area contributed by atoms with Gasteiger partial charge >= 0.3 is 0 Å². The van der Waals surface area contributed by atoms with Crippen LogP contribution < -0.4 is 11.5 Å². The average molecular weight is 341 g/mol. The van der Waals surface area contributed by atoms with E-state index in [0.717, 1.165) is 15.4 Å². The number of amides is 1. The third kappa shape index (κ3) is 3.27. The summed E-state index contributed by atoms with van der Waals surface area (Å²) >= 11 is 4.54. The van der Waals surface area contributed by atoms with Gasteiger partial charge in [-0.15, -0.1) is 0 Å². The van der Waals surface area contributed by atoms with Gasteiger partial charge in [0, 0.05) is 20.0 Å². The summed E-state index contributed by atoms with van der Waals surface area (Å²) in [6, 6.07) is 9.90. The van der Waals surface area contributed by atoms with Crippen LogP contribution in [0.1, 0.15) is 10.4 Å². The van der Waals surface area contributed by atoms with E-state index in [4.69, 9.17) is 11.5 Å². The van der Waals surface area contributed by atoms with Gasteiger partial charge in [-0.3, -0.25) is 4.79 Å². The summed E-state index contributed by atoms with van der Waals surface area (Å²) < 4.78 is 14.7. The summed E-state index contributed by atoms with van der Waals surface area (Å²) in [7, 11) is 0. The predicted octanol–water partition coefficient (Wildman–Crippen LogP) is 3.42. The number of carbonyl (C=O) groups excluding carboxylic acids is 1. The van der Waals surface area contributed by atoms with Gasteiger partial charge in [0.15, 0.2) is 0 Å². The lowest BCUT2D eigenvalue weighted by Crippen LogP contribution is -2.14. The maximum absolute atomic E-state index is 13.8. The van der Waals surface area contributed by atoms with E-state index in [1.807, 2.05) is 24.3 Å². The SMILES string of the molecule is NC(=O)c1cc(Sc2cccc(Br)c2)c(F)cc1N. The Kier molecular flexibility index (Phi) is 4.11. The molecule has 3 nitrogen and oxygen atoms in total. The van der Waals surface area contributed by atoms with Crippen molar-refractivity contribution in [3.05, 3.63) is 52.3 Å². The molecule has 6 heteroatoms. The summed E-state index contributed by atoms with van der Waals surface area (Å²) in [6.45, 7) is 0. The second kappa shape index (κ2) is 5.63. The van der Waals surface area contributed by atoms with Crippen LogP contribution in [0.25, 0.3) is 0 Å². The Morgan fingerprint density at radius 1 is 1.26 bits per heavy atom. The maximum atomic E-state index is 13.8. The van der Waals surface area contributed by atoms with Crippen molar-refractivity contribution in [2.75, 3.05) is 5.73 Å². The van der Waals surface area contributed by atoms with Gasteiger partial charge in [-0.2, -0.15) is 0 Å². The summed E-state index contributed by atoms with van der Waals surface area (Å²) in [5, 5.41) is 0. The zero-order valence-corrected chi connectivity index (χ0v) is 12.1. The molecule has 0 aliphatic rings. The lowest BCUT2D eigenvalue weighted by atomic mass is 10.1. The van der Waals surface area contributed by atoms with Crippen LogP contribution in [0.15, 0.2) is 50.7 Å². The molecular weight excluding hydrogens is 331 g/mol. The standard InChI is InChI=1S/C13H10BrFN2OS/c14-7-2-1-3-8(4-7)19-12-5-9(13(17)18)11(16)6-10(12)15/h1-6H,16H2,(H2,17,18). The average Bonchev–Trinajstić information content (AvgIpc) is 2.32. The van der Waals surface area contributed by atoms with E-state index in [9.17, 15) is 9.18 Å². The zero-order chi connectivity index (χ0) is 14.0. The van der Waals surface area contributed by atoms with Gasteiger partial charge in [0.25, 0.3) is 5.91 Å². The van der Waals surface area contributed by atoms with Crippen LogP contribution in [0.5, 0.6) is 0 Å². The first-order chi connectivity index (χ1) is 8.97. The second-order valence-electron chi connectivity index (χ2n) is 3.79. The molecule has 0 bridgehead atoms. The molecule has 0 unspecified atom stereocenters. The van der Waals surface area contributed by atoms with E-state index in [1.54, 1.807) is 0 Å². The second-order valence-corrected chi connectivity index (χ2v) is 5.82. The first-order valence-electron chi connectivity index (χ1n) is 5.29. The van der Waals surface area contributed by atoms with Gasteiger partial charge in [0.05, 0.1) is 5.56 Å². The molecule has 0 saturated carbocycles. The summed E-state index contributed by atoms with van der Waals surface area (Å²) in [4.78, 5) is 12.3. The van der Waals surface area contributed by atoms with Crippen LogP contribution in [0, 0.1) is 5.82 Å². The number of carbonyl (C=O) groups is 1. The highest BCUT2D eigenvalue weighted by atomic mass is 79.9. The largest absolute Gasteiger partial charge is 0.398 e. The van der Waals surface area contributed by atoms with Crippen LogP contribution in [-0.4, -0.2) is 5.91 Å². The molecule has 0 aliphatic carbocycles. The molecule has 0 spiro atoms. The molecule has 0 atom stereocenters. The Morgan fingerprint density at radius 3 is 2.63 bits per heavy atom. The fraction of sp³-hybridized carbons (Fsp3) is 0. The van der Waals surface area contributed by atoms with Crippen molar-refractivity contribution in [3.63, 3.8) is 0 Å². The van der Waals surface area contributed by atoms with Crippen LogP contribution in [0.3, 0.4) is 0 Å².